The van der Waals surface area contributed by atoms with Crippen molar-refractivity contribution in [1.82, 2.24) is 23.4 Å². The molecule has 0 amide bonds. The summed E-state index contributed by atoms with van der Waals surface area (Å²) in [4.78, 5) is 44.9. The Labute approximate surface area is 139 Å². The summed E-state index contributed by atoms with van der Waals surface area (Å²) in [5, 5.41) is 18.9. The molecule has 11 nitrogen and oxygen atoms in total. The van der Waals surface area contributed by atoms with Crippen molar-refractivity contribution in [1.29, 1.82) is 0 Å². The third kappa shape index (κ3) is 2.65. The van der Waals surface area contributed by atoms with E-state index in [2.05, 4.69) is 4.98 Å². The molecule has 3 heterocycles. The first-order valence-electron chi connectivity index (χ1n) is 7.23. The molecule has 3 aromatic heterocycles. The standard InChI is InChI=1S/C14H15N5O6/c1-16-12-11(13(23)17(2)14(16)24)18(7-15-12)6-5-10(22)25-19-8(20)3-4-9(19)21/h3-4,7,20-21H,5-6H2,1-2H3. The minimum Gasteiger partial charge on any atom is -0.492 e. The average molecular weight is 349 g/mol. The van der Waals surface area contributed by atoms with Crippen molar-refractivity contribution >= 4 is 17.1 Å². The number of imidazole rings is 1. The minimum absolute atomic E-state index is 0.0611. The van der Waals surface area contributed by atoms with E-state index in [1.54, 1.807) is 0 Å². The minimum atomic E-state index is -0.745. The molecule has 0 radical (unpaired) electrons. The Bertz CT molecular complexity index is 1070. The van der Waals surface area contributed by atoms with E-state index in [4.69, 9.17) is 4.84 Å². The Hall–Kier alpha value is -3.50. The van der Waals surface area contributed by atoms with Gasteiger partial charge < -0.3 is 19.6 Å². The highest BCUT2D eigenvalue weighted by Crippen LogP contribution is 2.18. The first-order chi connectivity index (χ1) is 11.8. The predicted octanol–water partition coefficient (Wildman–Crippen LogP) is -1.31. The normalized spacial score (nSPS) is 11.1. The van der Waals surface area contributed by atoms with E-state index >= 15 is 0 Å². The number of aryl methyl sites for hydroxylation is 2. The van der Waals surface area contributed by atoms with Crippen molar-refractivity contribution in [2.45, 2.75) is 13.0 Å². The van der Waals surface area contributed by atoms with Gasteiger partial charge in [-0.25, -0.2) is 14.6 Å². The molecule has 0 atom stereocenters. The zero-order chi connectivity index (χ0) is 18.3. The van der Waals surface area contributed by atoms with Crippen molar-refractivity contribution in [3.63, 3.8) is 0 Å². The van der Waals surface area contributed by atoms with Crippen molar-refractivity contribution in [2.75, 3.05) is 0 Å². The van der Waals surface area contributed by atoms with Crippen LogP contribution < -0.4 is 16.1 Å². The van der Waals surface area contributed by atoms with Crippen molar-refractivity contribution < 1.29 is 19.8 Å². The highest BCUT2D eigenvalue weighted by atomic mass is 16.7. The number of hydrogen-bond donors (Lipinski definition) is 2. The topological polar surface area (TPSA) is 134 Å². The molecule has 0 unspecified atom stereocenters. The van der Waals surface area contributed by atoms with Gasteiger partial charge in [-0.15, -0.1) is 4.73 Å². The Kier molecular flexibility index (Phi) is 3.83. The van der Waals surface area contributed by atoms with E-state index in [1.165, 1.54) is 29.6 Å². The van der Waals surface area contributed by atoms with Gasteiger partial charge in [-0.1, -0.05) is 0 Å². The summed E-state index contributed by atoms with van der Waals surface area (Å²) in [6.45, 7) is 0.0611. The first kappa shape index (κ1) is 16.4. The van der Waals surface area contributed by atoms with E-state index < -0.39 is 29.0 Å². The lowest BCUT2D eigenvalue weighted by atomic mass is 10.4. The van der Waals surface area contributed by atoms with Gasteiger partial charge in [0.2, 0.25) is 11.8 Å². The van der Waals surface area contributed by atoms with E-state index in [9.17, 15) is 24.6 Å². The van der Waals surface area contributed by atoms with Gasteiger partial charge in [0.25, 0.3) is 5.56 Å². The SMILES string of the molecule is Cn1c(=O)c2c(ncn2CCC(=O)On2c(O)ccc2O)n(C)c1=O. The number of rotatable bonds is 4. The van der Waals surface area contributed by atoms with Crippen LogP contribution in [0.5, 0.6) is 11.8 Å². The molecule has 3 rings (SSSR count). The molecule has 3 aromatic rings. The van der Waals surface area contributed by atoms with Crippen molar-refractivity contribution in [2.24, 2.45) is 14.1 Å². The van der Waals surface area contributed by atoms with Gasteiger partial charge in [-0.05, 0) is 0 Å². The lowest BCUT2D eigenvalue weighted by Gasteiger charge is -2.08. The molecule has 0 bridgehead atoms. The molecule has 132 valence electrons. The van der Waals surface area contributed by atoms with Crippen LogP contribution in [-0.2, 0) is 25.4 Å². The summed E-state index contributed by atoms with van der Waals surface area (Å²) in [5.41, 5.74) is -0.628. The fourth-order valence-corrected chi connectivity index (χ4v) is 2.42. The summed E-state index contributed by atoms with van der Waals surface area (Å²) in [6, 6.07) is 2.33. The molecule has 25 heavy (non-hydrogen) atoms. The zero-order valence-corrected chi connectivity index (χ0v) is 13.4. The quantitative estimate of drug-likeness (QED) is 0.597. The number of aromatic nitrogens is 5. The number of fused-ring (bicyclic) bond motifs is 1. The molecule has 0 saturated heterocycles. The van der Waals surface area contributed by atoms with Gasteiger partial charge in [0.1, 0.15) is 0 Å². The summed E-state index contributed by atoms with van der Waals surface area (Å²) < 4.78 is 4.21. The highest BCUT2D eigenvalue weighted by Gasteiger charge is 2.16. The Balaban J connectivity index is 1.84. The second-order valence-electron chi connectivity index (χ2n) is 5.37. The summed E-state index contributed by atoms with van der Waals surface area (Å²) >= 11 is 0. The van der Waals surface area contributed by atoms with Crippen LogP contribution in [0, 0.1) is 0 Å². The van der Waals surface area contributed by atoms with Crippen molar-refractivity contribution in [3.05, 3.63) is 39.3 Å². The molecule has 11 heteroatoms. The predicted molar refractivity (Wildman–Crippen MR) is 84.2 cm³/mol. The van der Waals surface area contributed by atoms with E-state index in [0.29, 0.717) is 4.73 Å². The number of aromatic hydroxyl groups is 2. The Morgan fingerprint density at radius 2 is 1.80 bits per heavy atom. The van der Waals surface area contributed by atoms with E-state index in [0.717, 1.165) is 16.7 Å². The van der Waals surface area contributed by atoms with Crippen molar-refractivity contribution in [3.8, 4) is 11.8 Å². The summed E-state index contributed by atoms with van der Waals surface area (Å²) in [6.07, 6.45) is 1.19. The van der Waals surface area contributed by atoms with E-state index in [1.807, 2.05) is 0 Å². The number of carbonyl (C=O) groups excluding carboxylic acids is 1. The van der Waals surface area contributed by atoms with Gasteiger partial charge in [0.15, 0.2) is 11.2 Å². The Morgan fingerprint density at radius 1 is 1.16 bits per heavy atom. The van der Waals surface area contributed by atoms with Crippen LogP contribution in [0.15, 0.2) is 28.0 Å². The van der Waals surface area contributed by atoms with Crippen LogP contribution in [-0.4, -0.2) is 39.6 Å². The molecule has 0 aliphatic rings. The number of nitrogens with zero attached hydrogens (tertiary/aromatic N) is 5. The van der Waals surface area contributed by atoms with Gasteiger partial charge >= 0.3 is 11.7 Å². The fourth-order valence-electron chi connectivity index (χ4n) is 2.42. The van der Waals surface area contributed by atoms with Gasteiger partial charge in [0.05, 0.1) is 12.7 Å². The molecule has 0 fully saturated rings. The molecule has 0 aliphatic carbocycles. The summed E-state index contributed by atoms with van der Waals surface area (Å²) in [7, 11) is 2.85. The highest BCUT2D eigenvalue weighted by molar-refractivity contribution is 5.72. The fraction of sp³-hybridized carbons (Fsp3) is 0.286. The molecule has 0 aliphatic heterocycles. The van der Waals surface area contributed by atoms with Gasteiger partial charge in [-0.2, -0.15) is 0 Å². The smallest absolute Gasteiger partial charge is 0.335 e. The lowest BCUT2D eigenvalue weighted by Crippen LogP contribution is -2.37. The van der Waals surface area contributed by atoms with Crippen LogP contribution >= 0.6 is 0 Å². The zero-order valence-electron chi connectivity index (χ0n) is 13.4. The third-order valence-electron chi connectivity index (χ3n) is 3.76. The number of hydrogen-bond acceptors (Lipinski definition) is 7. The van der Waals surface area contributed by atoms with Gasteiger partial charge in [-0.3, -0.25) is 13.9 Å². The number of carbonyl (C=O) groups is 1. The molecule has 0 aromatic carbocycles. The van der Waals surface area contributed by atoms with Gasteiger partial charge in [0, 0.05) is 32.8 Å². The second-order valence-corrected chi connectivity index (χ2v) is 5.37. The second kappa shape index (κ2) is 5.85. The van der Waals surface area contributed by atoms with Crippen LogP contribution in [0.4, 0.5) is 0 Å². The lowest BCUT2D eigenvalue weighted by molar-refractivity contribution is -0.145. The largest absolute Gasteiger partial charge is 0.492 e. The van der Waals surface area contributed by atoms with E-state index in [-0.39, 0.29) is 24.1 Å². The van der Waals surface area contributed by atoms with Crippen LogP contribution in [0.25, 0.3) is 11.2 Å². The maximum Gasteiger partial charge on any atom is 0.335 e. The molecule has 0 spiro atoms. The molecule has 0 saturated carbocycles. The maximum absolute atomic E-state index is 12.3. The monoisotopic (exact) mass is 349 g/mol. The molecule has 2 N–H and O–H groups in total. The van der Waals surface area contributed by atoms with Crippen LogP contribution in [0.3, 0.4) is 0 Å². The average Bonchev–Trinajstić information content (AvgIpc) is 3.15. The van der Waals surface area contributed by atoms with Crippen LogP contribution in [0.2, 0.25) is 0 Å². The van der Waals surface area contributed by atoms with Crippen LogP contribution in [0.1, 0.15) is 6.42 Å². The molecular weight excluding hydrogens is 334 g/mol. The summed E-state index contributed by atoms with van der Waals surface area (Å²) in [5.74, 6) is -1.60. The maximum atomic E-state index is 12.3. The Morgan fingerprint density at radius 3 is 2.44 bits per heavy atom. The third-order valence-corrected chi connectivity index (χ3v) is 3.76. The first-order valence-corrected chi connectivity index (χ1v) is 7.23. The molecular formula is C14H15N5O6.